The molecule has 0 aliphatic heterocycles. The van der Waals surface area contributed by atoms with Crippen molar-refractivity contribution in [1.29, 1.82) is 0 Å². The van der Waals surface area contributed by atoms with Gasteiger partial charge in [0.25, 0.3) is 0 Å². The fraction of sp³-hybridized carbons (Fsp3) is 0.158. The van der Waals surface area contributed by atoms with Gasteiger partial charge in [-0.05, 0) is 48.5 Å². The summed E-state index contributed by atoms with van der Waals surface area (Å²) in [7, 11) is -10.6. The third-order valence-corrected chi connectivity index (χ3v) is 8.90. The molecule has 15 heteroatoms. The molecule has 0 fully saturated rings. The first kappa shape index (κ1) is 26.2. The Bertz CT molecular complexity index is 1530. The number of nitrogens with zero attached hydrogens (tertiary/aromatic N) is 3. The highest BCUT2D eigenvalue weighted by atomic mass is 35.5. The van der Waals surface area contributed by atoms with Gasteiger partial charge in [-0.15, -0.1) is 10.2 Å². The third kappa shape index (κ3) is 7.03. The highest BCUT2D eigenvalue weighted by Crippen LogP contribution is 2.18. The Kier molecular flexibility index (Phi) is 7.72. The van der Waals surface area contributed by atoms with Crippen LogP contribution in [0.3, 0.4) is 0 Å². The average molecular weight is 565 g/mol. The molecule has 0 atom stereocenters. The highest BCUT2D eigenvalue weighted by molar-refractivity contribution is 7.97. The van der Waals surface area contributed by atoms with Crippen LogP contribution in [-0.4, -0.2) is 40.0 Å². The third-order valence-electron chi connectivity index (χ3n) is 4.41. The molecule has 0 aliphatic rings. The summed E-state index contributed by atoms with van der Waals surface area (Å²) >= 11 is 11.5. The van der Waals surface area contributed by atoms with Crippen LogP contribution in [0.2, 0.25) is 10.0 Å². The Balaban J connectivity index is 1.72. The smallest absolute Gasteiger partial charge is 0.240 e. The van der Waals surface area contributed by atoms with Crippen LogP contribution in [0.15, 0.2) is 64.2 Å². The second-order valence-corrected chi connectivity index (χ2v) is 13.4. The molecule has 0 unspecified atom stereocenters. The SMILES string of the molecule is Cn1c(CS(=O)(=O)/C=C/S(=O)(=O)c2ccc(Cl)cc2)nnc1CS(=O)(=O)Nc1ccc(Cl)cc1. The largest absolute Gasteiger partial charge is 0.316 e. The van der Waals surface area contributed by atoms with Crippen molar-refractivity contribution in [3.05, 3.63) is 81.0 Å². The monoisotopic (exact) mass is 564 g/mol. The number of sulfonamides is 1. The van der Waals surface area contributed by atoms with Crippen LogP contribution < -0.4 is 4.72 Å². The van der Waals surface area contributed by atoms with Gasteiger partial charge >= 0.3 is 0 Å². The Hall–Kier alpha value is -2.45. The van der Waals surface area contributed by atoms with E-state index in [9.17, 15) is 25.3 Å². The van der Waals surface area contributed by atoms with Crippen molar-refractivity contribution in [1.82, 2.24) is 14.8 Å². The molecule has 0 aliphatic carbocycles. The maximum absolute atomic E-state index is 12.5. The Morgan fingerprint density at radius 2 is 1.29 bits per heavy atom. The first-order valence-electron chi connectivity index (χ1n) is 9.31. The lowest BCUT2D eigenvalue weighted by Gasteiger charge is -2.08. The molecule has 0 saturated carbocycles. The molecule has 0 radical (unpaired) electrons. The van der Waals surface area contributed by atoms with Gasteiger partial charge in [-0.3, -0.25) is 4.72 Å². The van der Waals surface area contributed by atoms with Crippen LogP contribution in [-0.2, 0) is 48.3 Å². The van der Waals surface area contributed by atoms with Gasteiger partial charge in [0.15, 0.2) is 9.84 Å². The molecule has 1 heterocycles. The maximum Gasteiger partial charge on any atom is 0.240 e. The van der Waals surface area contributed by atoms with E-state index in [0.29, 0.717) is 26.5 Å². The van der Waals surface area contributed by atoms with Gasteiger partial charge in [0.1, 0.15) is 23.2 Å². The summed E-state index contributed by atoms with van der Waals surface area (Å²) in [5.74, 6) is -1.33. The molecule has 0 saturated heterocycles. The van der Waals surface area contributed by atoms with Crippen LogP contribution >= 0.6 is 23.2 Å². The topological polar surface area (TPSA) is 145 Å². The van der Waals surface area contributed by atoms with Crippen molar-refractivity contribution < 1.29 is 25.3 Å². The van der Waals surface area contributed by atoms with Crippen molar-refractivity contribution >= 4 is 58.6 Å². The normalized spacial score (nSPS) is 12.8. The van der Waals surface area contributed by atoms with E-state index in [0.717, 1.165) is 0 Å². The van der Waals surface area contributed by atoms with Crippen molar-refractivity contribution in [2.75, 3.05) is 4.72 Å². The summed E-state index contributed by atoms with van der Waals surface area (Å²) in [6.45, 7) is 0. The molecule has 3 aromatic rings. The lowest BCUT2D eigenvalue weighted by atomic mass is 10.3. The molecular formula is C19H18Cl2N4O6S3. The number of halogens is 2. The molecule has 3 rings (SSSR count). The predicted octanol–water partition coefficient (Wildman–Crippen LogP) is 2.92. The number of anilines is 1. The van der Waals surface area contributed by atoms with E-state index in [1.165, 1.54) is 60.1 Å². The standard InChI is InChI=1S/C19H18Cl2N4O6S3/c1-25-18(12-32(26,27)10-11-33(28,29)17-8-4-15(21)5-9-17)22-23-19(25)13-34(30,31)24-16-6-2-14(20)3-7-16/h2-11,24H,12-13H2,1H3/b11-10+. The van der Waals surface area contributed by atoms with Gasteiger partial charge in [0, 0.05) is 33.6 Å². The second-order valence-electron chi connectivity index (χ2n) is 7.04. The van der Waals surface area contributed by atoms with Gasteiger partial charge < -0.3 is 4.57 Å². The molecule has 0 spiro atoms. The van der Waals surface area contributed by atoms with Crippen LogP contribution in [0.25, 0.3) is 0 Å². The number of rotatable bonds is 9. The highest BCUT2D eigenvalue weighted by Gasteiger charge is 2.21. The van der Waals surface area contributed by atoms with Crippen molar-refractivity contribution in [2.24, 2.45) is 7.05 Å². The van der Waals surface area contributed by atoms with Gasteiger partial charge in [0.05, 0.1) is 4.90 Å². The Morgan fingerprint density at radius 3 is 1.85 bits per heavy atom. The minimum Gasteiger partial charge on any atom is -0.316 e. The number of nitrogens with one attached hydrogen (secondary N) is 1. The summed E-state index contributed by atoms with van der Waals surface area (Å²) in [5, 5.41) is 9.41. The number of aromatic nitrogens is 3. The molecular weight excluding hydrogens is 547 g/mol. The van der Waals surface area contributed by atoms with Gasteiger partial charge in [0.2, 0.25) is 19.9 Å². The minimum absolute atomic E-state index is 0.00979. The van der Waals surface area contributed by atoms with E-state index >= 15 is 0 Å². The maximum atomic E-state index is 12.5. The van der Waals surface area contributed by atoms with E-state index in [1.807, 2.05) is 0 Å². The Morgan fingerprint density at radius 1 is 0.794 bits per heavy atom. The van der Waals surface area contributed by atoms with E-state index in [1.54, 1.807) is 0 Å². The van der Waals surface area contributed by atoms with Gasteiger partial charge in [-0.25, -0.2) is 25.3 Å². The van der Waals surface area contributed by atoms with Gasteiger partial charge in [-0.1, -0.05) is 23.2 Å². The van der Waals surface area contributed by atoms with Crippen LogP contribution in [0.5, 0.6) is 0 Å². The van der Waals surface area contributed by atoms with E-state index in [-0.39, 0.29) is 16.5 Å². The summed E-state index contributed by atoms with van der Waals surface area (Å²) < 4.78 is 78.0. The van der Waals surface area contributed by atoms with E-state index in [2.05, 4.69) is 14.9 Å². The number of sulfone groups is 2. The van der Waals surface area contributed by atoms with Gasteiger partial charge in [-0.2, -0.15) is 0 Å². The lowest BCUT2D eigenvalue weighted by Crippen LogP contribution is -2.18. The lowest BCUT2D eigenvalue weighted by molar-refractivity contribution is 0.596. The molecule has 34 heavy (non-hydrogen) atoms. The summed E-state index contributed by atoms with van der Waals surface area (Å²) in [5.41, 5.74) is 0.293. The second kappa shape index (κ2) is 10.0. The fourth-order valence-electron chi connectivity index (χ4n) is 2.64. The van der Waals surface area contributed by atoms with E-state index < -0.39 is 41.2 Å². The number of hydrogen-bond acceptors (Lipinski definition) is 8. The average Bonchev–Trinajstić information content (AvgIpc) is 3.07. The zero-order chi connectivity index (χ0) is 25.1. The van der Waals surface area contributed by atoms with Crippen molar-refractivity contribution in [3.63, 3.8) is 0 Å². The molecule has 2 aromatic carbocycles. The zero-order valence-electron chi connectivity index (χ0n) is 17.5. The molecule has 0 bridgehead atoms. The summed E-state index contributed by atoms with van der Waals surface area (Å²) in [6.07, 6.45) is 0. The van der Waals surface area contributed by atoms with Crippen molar-refractivity contribution in [3.8, 4) is 0 Å². The zero-order valence-corrected chi connectivity index (χ0v) is 21.4. The number of hydrogen-bond donors (Lipinski definition) is 1. The fourth-order valence-corrected chi connectivity index (χ4v) is 6.70. The molecule has 10 nitrogen and oxygen atoms in total. The van der Waals surface area contributed by atoms with Crippen LogP contribution in [0, 0.1) is 0 Å². The quantitative estimate of drug-likeness (QED) is 0.417. The first-order chi connectivity index (χ1) is 15.8. The number of benzene rings is 2. The predicted molar refractivity (Wildman–Crippen MR) is 129 cm³/mol. The molecule has 1 N–H and O–H groups in total. The van der Waals surface area contributed by atoms with Crippen molar-refractivity contribution in [2.45, 2.75) is 16.4 Å². The molecule has 0 amide bonds. The molecule has 182 valence electrons. The van der Waals surface area contributed by atoms with E-state index in [4.69, 9.17) is 23.2 Å². The minimum atomic E-state index is -4.08. The Labute approximate surface area is 207 Å². The molecule has 1 aromatic heterocycles. The first-order valence-corrected chi connectivity index (χ1v) is 15.0. The summed E-state index contributed by atoms with van der Waals surface area (Å²) in [6, 6.07) is 11.3. The van der Waals surface area contributed by atoms with Crippen LogP contribution in [0.1, 0.15) is 11.6 Å². The van der Waals surface area contributed by atoms with Crippen LogP contribution in [0.4, 0.5) is 5.69 Å². The summed E-state index contributed by atoms with van der Waals surface area (Å²) in [4.78, 5) is -0.123.